The van der Waals surface area contributed by atoms with E-state index in [9.17, 15) is 13.2 Å². The fourth-order valence-corrected chi connectivity index (χ4v) is 3.76. The van der Waals surface area contributed by atoms with E-state index in [1.54, 1.807) is 11.3 Å². The monoisotopic (exact) mass is 372 g/mol. The number of alkyl halides is 3. The number of ether oxygens (including phenoxy) is 2. The number of thiophene rings is 1. The lowest BCUT2D eigenvalue weighted by molar-refractivity contribution is -0.274. The van der Waals surface area contributed by atoms with Crippen LogP contribution in [0.5, 0.6) is 11.5 Å². The molecule has 0 saturated carbocycles. The third-order valence-electron chi connectivity index (χ3n) is 4.10. The zero-order chi connectivity index (χ0) is 17.9. The highest BCUT2D eigenvalue weighted by Gasteiger charge is 2.33. The average molecular weight is 372 g/mol. The van der Waals surface area contributed by atoms with Crippen molar-refractivity contribution in [3.63, 3.8) is 0 Å². The topological polar surface area (TPSA) is 33.7 Å². The van der Waals surface area contributed by atoms with Gasteiger partial charge in [0, 0.05) is 31.7 Å². The zero-order valence-corrected chi connectivity index (χ0v) is 14.5. The Bertz CT molecular complexity index is 686. The highest BCUT2D eigenvalue weighted by molar-refractivity contribution is 7.08. The Balaban J connectivity index is 2.02. The molecule has 1 aliphatic rings. The Morgan fingerprint density at radius 1 is 1.20 bits per heavy atom. The molecule has 1 atom stereocenters. The van der Waals surface area contributed by atoms with Gasteiger partial charge in [-0.1, -0.05) is 0 Å². The van der Waals surface area contributed by atoms with Crippen molar-refractivity contribution >= 4 is 11.3 Å². The molecule has 4 nitrogen and oxygen atoms in total. The second-order valence-corrected chi connectivity index (χ2v) is 6.48. The van der Waals surface area contributed by atoms with Crippen LogP contribution in [0.2, 0.25) is 0 Å². The molecule has 0 amide bonds. The lowest BCUT2D eigenvalue weighted by Gasteiger charge is -2.35. The SMILES string of the molecule is COc1ccc(OC(F)(F)F)cc1[C@@H](c1ccsc1)N1CCNCC1. The molecule has 1 aromatic heterocycles. The molecule has 2 heterocycles. The molecule has 0 aliphatic carbocycles. The molecular formula is C17H19F3N2O2S. The third kappa shape index (κ3) is 4.45. The van der Waals surface area contributed by atoms with Crippen LogP contribution in [0.15, 0.2) is 35.0 Å². The molecule has 0 unspecified atom stereocenters. The Kier molecular flexibility index (Phi) is 5.51. The summed E-state index contributed by atoms with van der Waals surface area (Å²) in [6.45, 7) is 3.27. The van der Waals surface area contributed by atoms with Crippen molar-refractivity contribution in [2.24, 2.45) is 0 Å². The highest BCUT2D eigenvalue weighted by atomic mass is 32.1. The minimum Gasteiger partial charge on any atom is -0.496 e. The van der Waals surface area contributed by atoms with Crippen molar-refractivity contribution < 1.29 is 22.6 Å². The zero-order valence-electron chi connectivity index (χ0n) is 13.7. The molecule has 1 saturated heterocycles. The average Bonchev–Trinajstić information content (AvgIpc) is 3.09. The Morgan fingerprint density at radius 2 is 1.96 bits per heavy atom. The van der Waals surface area contributed by atoms with E-state index in [2.05, 4.69) is 15.0 Å². The van der Waals surface area contributed by atoms with Gasteiger partial charge in [-0.25, -0.2) is 0 Å². The molecule has 8 heteroatoms. The third-order valence-corrected chi connectivity index (χ3v) is 4.81. The number of hydrogen-bond acceptors (Lipinski definition) is 5. The van der Waals surface area contributed by atoms with E-state index in [0.29, 0.717) is 11.3 Å². The van der Waals surface area contributed by atoms with Gasteiger partial charge in [-0.3, -0.25) is 4.90 Å². The van der Waals surface area contributed by atoms with Gasteiger partial charge in [0.2, 0.25) is 0 Å². The summed E-state index contributed by atoms with van der Waals surface area (Å²) in [7, 11) is 1.52. The van der Waals surface area contributed by atoms with Crippen LogP contribution in [0.25, 0.3) is 0 Å². The molecular weight excluding hydrogens is 353 g/mol. The first-order chi connectivity index (χ1) is 12.0. The number of halogens is 3. The van der Waals surface area contributed by atoms with Gasteiger partial charge in [-0.05, 0) is 40.6 Å². The molecule has 0 radical (unpaired) electrons. The molecule has 25 heavy (non-hydrogen) atoms. The van der Waals surface area contributed by atoms with Gasteiger partial charge in [0.15, 0.2) is 0 Å². The van der Waals surface area contributed by atoms with E-state index >= 15 is 0 Å². The summed E-state index contributed by atoms with van der Waals surface area (Å²) in [6, 6.07) is 6.04. The largest absolute Gasteiger partial charge is 0.573 e. The van der Waals surface area contributed by atoms with E-state index < -0.39 is 6.36 Å². The van der Waals surface area contributed by atoms with Crippen LogP contribution in [0, 0.1) is 0 Å². The van der Waals surface area contributed by atoms with Crippen molar-refractivity contribution in [3.05, 3.63) is 46.2 Å². The maximum absolute atomic E-state index is 12.6. The van der Waals surface area contributed by atoms with E-state index in [0.717, 1.165) is 31.7 Å². The van der Waals surface area contributed by atoms with Crippen LogP contribution in [0.1, 0.15) is 17.2 Å². The van der Waals surface area contributed by atoms with Crippen molar-refractivity contribution in [2.45, 2.75) is 12.4 Å². The Morgan fingerprint density at radius 3 is 2.56 bits per heavy atom. The number of nitrogens with zero attached hydrogens (tertiary/aromatic N) is 1. The highest BCUT2D eigenvalue weighted by Crippen LogP contribution is 2.38. The number of benzene rings is 1. The van der Waals surface area contributed by atoms with Crippen LogP contribution in [-0.4, -0.2) is 44.6 Å². The minimum atomic E-state index is -4.72. The van der Waals surface area contributed by atoms with Crippen LogP contribution in [0.4, 0.5) is 13.2 Å². The van der Waals surface area contributed by atoms with Crippen molar-refractivity contribution in [1.82, 2.24) is 10.2 Å². The lowest BCUT2D eigenvalue weighted by Crippen LogP contribution is -2.45. The van der Waals surface area contributed by atoms with Crippen molar-refractivity contribution in [1.29, 1.82) is 0 Å². The van der Waals surface area contributed by atoms with E-state index in [-0.39, 0.29) is 11.8 Å². The van der Waals surface area contributed by atoms with Gasteiger partial charge in [0.05, 0.1) is 13.2 Å². The number of piperazine rings is 1. The first-order valence-corrected chi connectivity index (χ1v) is 8.83. The van der Waals surface area contributed by atoms with Gasteiger partial charge < -0.3 is 14.8 Å². The molecule has 0 spiro atoms. The number of nitrogens with one attached hydrogen (secondary N) is 1. The molecule has 2 aromatic rings. The van der Waals surface area contributed by atoms with E-state index in [4.69, 9.17) is 4.74 Å². The minimum absolute atomic E-state index is 0.180. The van der Waals surface area contributed by atoms with E-state index in [1.807, 2.05) is 16.8 Å². The van der Waals surface area contributed by atoms with Gasteiger partial charge in [-0.2, -0.15) is 11.3 Å². The summed E-state index contributed by atoms with van der Waals surface area (Å²) in [5.41, 5.74) is 1.71. The van der Waals surface area contributed by atoms with Gasteiger partial charge in [0.25, 0.3) is 0 Å². The Labute approximate surface area is 148 Å². The fourth-order valence-electron chi connectivity index (χ4n) is 3.08. The standard InChI is InChI=1S/C17H19F3N2O2S/c1-23-15-3-2-13(24-17(18,19)20)10-14(15)16(12-4-9-25-11-12)22-7-5-21-6-8-22/h2-4,9-11,16,21H,5-8H2,1H3/t16-/m1/s1. The summed E-state index contributed by atoms with van der Waals surface area (Å²) < 4.78 is 47.4. The lowest BCUT2D eigenvalue weighted by atomic mass is 9.97. The molecule has 136 valence electrons. The smallest absolute Gasteiger partial charge is 0.496 e. The first kappa shape index (κ1) is 18.0. The summed E-state index contributed by atoms with van der Waals surface area (Å²) in [6.07, 6.45) is -4.72. The predicted octanol–water partition coefficient (Wildman–Crippen LogP) is 3.65. The predicted molar refractivity (Wildman–Crippen MR) is 90.3 cm³/mol. The summed E-state index contributed by atoms with van der Waals surface area (Å²) in [4.78, 5) is 2.24. The molecule has 1 fully saturated rings. The summed E-state index contributed by atoms with van der Waals surface area (Å²) in [5.74, 6) is 0.308. The maximum atomic E-state index is 12.6. The maximum Gasteiger partial charge on any atom is 0.573 e. The number of hydrogen-bond donors (Lipinski definition) is 1. The van der Waals surface area contributed by atoms with Gasteiger partial charge >= 0.3 is 6.36 Å². The molecule has 1 N–H and O–H groups in total. The van der Waals surface area contributed by atoms with Gasteiger partial charge in [0.1, 0.15) is 11.5 Å². The quantitative estimate of drug-likeness (QED) is 0.869. The van der Waals surface area contributed by atoms with Crippen molar-refractivity contribution in [2.75, 3.05) is 33.3 Å². The molecule has 0 bridgehead atoms. The molecule has 1 aliphatic heterocycles. The first-order valence-electron chi connectivity index (χ1n) is 7.88. The van der Waals surface area contributed by atoms with Crippen LogP contribution in [0.3, 0.4) is 0 Å². The van der Waals surface area contributed by atoms with Crippen LogP contribution in [-0.2, 0) is 0 Å². The molecule has 3 rings (SSSR count). The second-order valence-electron chi connectivity index (χ2n) is 5.70. The van der Waals surface area contributed by atoms with Crippen LogP contribution >= 0.6 is 11.3 Å². The molecule has 1 aromatic carbocycles. The summed E-state index contributed by atoms with van der Waals surface area (Å²) >= 11 is 1.56. The van der Waals surface area contributed by atoms with E-state index in [1.165, 1.54) is 25.3 Å². The van der Waals surface area contributed by atoms with Gasteiger partial charge in [-0.15, -0.1) is 13.2 Å². The second kappa shape index (κ2) is 7.63. The fraction of sp³-hybridized carbons (Fsp3) is 0.412. The van der Waals surface area contributed by atoms with Crippen LogP contribution < -0.4 is 14.8 Å². The summed E-state index contributed by atoms with van der Waals surface area (Å²) in [5, 5.41) is 7.28. The number of rotatable bonds is 5. The number of methoxy groups -OCH3 is 1. The van der Waals surface area contributed by atoms with Crippen molar-refractivity contribution in [3.8, 4) is 11.5 Å². The normalized spacial score (nSPS) is 17.3. The Hall–Kier alpha value is -1.77.